The monoisotopic (exact) mass is 379 g/mol. The zero-order valence-corrected chi connectivity index (χ0v) is 16.1. The number of nitrogens with zero attached hydrogens (tertiary/aromatic N) is 2. The fourth-order valence-corrected chi connectivity index (χ4v) is 4.03. The van der Waals surface area contributed by atoms with Crippen LogP contribution in [0.25, 0.3) is 11.3 Å². The quantitative estimate of drug-likeness (QED) is 0.732. The standard InChI is InChI=1S/C21H22N4OS/c1-24-11-13-25(14-12-24)21-23-19(15-27-21)16-7-9-18(10-8-16)22-20(26)17-5-3-2-4-6-17/h2-10,15H,11-14H2,1H3,(H,22,26)/p+1. The van der Waals surface area contributed by atoms with Gasteiger partial charge in [-0.05, 0) is 24.3 Å². The molecule has 0 spiro atoms. The first-order chi connectivity index (χ1) is 13.2. The van der Waals surface area contributed by atoms with E-state index in [-0.39, 0.29) is 5.91 Å². The minimum atomic E-state index is -0.100. The lowest BCUT2D eigenvalue weighted by molar-refractivity contribution is -0.880. The molecule has 0 saturated carbocycles. The first-order valence-electron chi connectivity index (χ1n) is 9.18. The molecule has 2 aromatic carbocycles. The van der Waals surface area contributed by atoms with Gasteiger partial charge < -0.3 is 15.1 Å². The number of anilines is 2. The molecule has 1 aromatic heterocycles. The van der Waals surface area contributed by atoms with Crippen LogP contribution in [0.15, 0.2) is 60.0 Å². The zero-order chi connectivity index (χ0) is 18.6. The van der Waals surface area contributed by atoms with Crippen LogP contribution in [0.2, 0.25) is 0 Å². The summed E-state index contributed by atoms with van der Waals surface area (Å²) >= 11 is 1.70. The molecular weight excluding hydrogens is 356 g/mol. The van der Waals surface area contributed by atoms with E-state index in [0.29, 0.717) is 5.56 Å². The fourth-order valence-electron chi connectivity index (χ4n) is 3.14. The van der Waals surface area contributed by atoms with Gasteiger partial charge in [-0.1, -0.05) is 30.3 Å². The van der Waals surface area contributed by atoms with Crippen LogP contribution in [0.3, 0.4) is 0 Å². The summed E-state index contributed by atoms with van der Waals surface area (Å²) in [6.45, 7) is 4.43. The Hall–Kier alpha value is -2.70. The van der Waals surface area contributed by atoms with Crippen molar-refractivity contribution in [1.82, 2.24) is 4.98 Å². The molecule has 2 N–H and O–H groups in total. The number of aromatic nitrogens is 1. The molecule has 138 valence electrons. The predicted molar refractivity (Wildman–Crippen MR) is 111 cm³/mol. The Bertz CT molecular complexity index is 899. The summed E-state index contributed by atoms with van der Waals surface area (Å²) in [5.74, 6) is -0.100. The van der Waals surface area contributed by atoms with Crippen LogP contribution < -0.4 is 15.1 Å². The van der Waals surface area contributed by atoms with Crippen molar-refractivity contribution in [3.8, 4) is 11.3 Å². The van der Waals surface area contributed by atoms with Gasteiger partial charge in [-0.2, -0.15) is 0 Å². The molecule has 1 fully saturated rings. The van der Waals surface area contributed by atoms with Gasteiger partial charge in [-0.3, -0.25) is 4.79 Å². The lowest BCUT2D eigenvalue weighted by Crippen LogP contribution is -3.12. The highest BCUT2D eigenvalue weighted by Crippen LogP contribution is 2.28. The topological polar surface area (TPSA) is 49.7 Å². The number of carbonyl (C=O) groups is 1. The third-order valence-electron chi connectivity index (χ3n) is 4.85. The smallest absolute Gasteiger partial charge is 0.255 e. The maximum Gasteiger partial charge on any atom is 0.255 e. The molecule has 27 heavy (non-hydrogen) atoms. The number of thiazole rings is 1. The maximum atomic E-state index is 12.2. The van der Waals surface area contributed by atoms with Crippen molar-refractivity contribution in [3.05, 3.63) is 65.5 Å². The Morgan fingerprint density at radius 3 is 2.48 bits per heavy atom. The van der Waals surface area contributed by atoms with Crippen LogP contribution in [0.1, 0.15) is 10.4 Å². The highest BCUT2D eigenvalue weighted by Gasteiger charge is 2.19. The molecule has 0 atom stereocenters. The average Bonchev–Trinajstić information content (AvgIpc) is 3.20. The molecule has 0 bridgehead atoms. The Morgan fingerprint density at radius 2 is 1.78 bits per heavy atom. The summed E-state index contributed by atoms with van der Waals surface area (Å²) in [5, 5.41) is 6.14. The summed E-state index contributed by atoms with van der Waals surface area (Å²) in [4.78, 5) is 21.0. The van der Waals surface area contributed by atoms with Gasteiger partial charge in [-0.15, -0.1) is 11.3 Å². The van der Waals surface area contributed by atoms with Gasteiger partial charge in [0.2, 0.25) is 0 Å². The summed E-state index contributed by atoms with van der Waals surface area (Å²) in [6.07, 6.45) is 0. The molecule has 1 aliphatic rings. The number of hydrogen-bond acceptors (Lipinski definition) is 4. The van der Waals surface area contributed by atoms with E-state index in [2.05, 4.69) is 22.6 Å². The molecule has 1 aliphatic heterocycles. The fraction of sp³-hybridized carbons (Fsp3) is 0.238. The van der Waals surface area contributed by atoms with Crippen molar-refractivity contribution >= 4 is 28.1 Å². The summed E-state index contributed by atoms with van der Waals surface area (Å²) < 4.78 is 0. The predicted octanol–water partition coefficient (Wildman–Crippen LogP) is 2.40. The second kappa shape index (κ2) is 7.90. The zero-order valence-electron chi connectivity index (χ0n) is 15.3. The highest BCUT2D eigenvalue weighted by molar-refractivity contribution is 7.14. The number of quaternary nitrogens is 1. The van der Waals surface area contributed by atoms with E-state index in [9.17, 15) is 4.79 Å². The first-order valence-corrected chi connectivity index (χ1v) is 10.1. The number of piperazine rings is 1. The summed E-state index contributed by atoms with van der Waals surface area (Å²) in [6, 6.07) is 17.1. The van der Waals surface area contributed by atoms with E-state index in [1.54, 1.807) is 28.4 Å². The van der Waals surface area contributed by atoms with E-state index < -0.39 is 0 Å². The van der Waals surface area contributed by atoms with E-state index in [0.717, 1.165) is 48.3 Å². The SMILES string of the molecule is C[NH+]1CCN(c2nc(-c3ccc(NC(=O)c4ccccc4)cc3)cs2)CC1. The molecule has 2 heterocycles. The number of carbonyl (C=O) groups excluding carboxylic acids is 1. The number of likely N-dealkylation sites (N-methyl/N-ethyl adjacent to an activating group) is 1. The highest BCUT2D eigenvalue weighted by atomic mass is 32.1. The van der Waals surface area contributed by atoms with Crippen LogP contribution in [0.4, 0.5) is 10.8 Å². The second-order valence-electron chi connectivity index (χ2n) is 6.86. The normalized spacial score (nSPS) is 14.9. The van der Waals surface area contributed by atoms with Crippen LogP contribution in [-0.2, 0) is 0 Å². The third kappa shape index (κ3) is 4.18. The van der Waals surface area contributed by atoms with Crippen molar-refractivity contribution in [2.24, 2.45) is 0 Å². The molecule has 0 radical (unpaired) electrons. The van der Waals surface area contributed by atoms with Gasteiger partial charge >= 0.3 is 0 Å². The Labute approximate surface area is 163 Å². The van der Waals surface area contributed by atoms with Crippen LogP contribution >= 0.6 is 11.3 Å². The largest absolute Gasteiger partial charge is 0.337 e. The van der Waals surface area contributed by atoms with E-state index in [4.69, 9.17) is 4.98 Å². The maximum absolute atomic E-state index is 12.2. The Morgan fingerprint density at radius 1 is 1.07 bits per heavy atom. The minimum absolute atomic E-state index is 0.100. The van der Waals surface area contributed by atoms with Gasteiger partial charge in [0.25, 0.3) is 5.91 Å². The Kier molecular flexibility index (Phi) is 5.18. The molecule has 1 saturated heterocycles. The van der Waals surface area contributed by atoms with Gasteiger partial charge in [-0.25, -0.2) is 4.98 Å². The van der Waals surface area contributed by atoms with Gasteiger partial charge in [0.15, 0.2) is 5.13 Å². The van der Waals surface area contributed by atoms with Crippen LogP contribution in [0.5, 0.6) is 0 Å². The average molecular weight is 380 g/mol. The molecular formula is C21H23N4OS+. The van der Waals surface area contributed by atoms with Crippen LogP contribution in [0, 0.1) is 0 Å². The van der Waals surface area contributed by atoms with Crippen molar-refractivity contribution in [3.63, 3.8) is 0 Å². The lowest BCUT2D eigenvalue weighted by atomic mass is 10.1. The summed E-state index contributed by atoms with van der Waals surface area (Å²) in [5.41, 5.74) is 3.49. The number of hydrogen-bond donors (Lipinski definition) is 2. The van der Waals surface area contributed by atoms with Crippen molar-refractivity contribution in [2.75, 3.05) is 43.4 Å². The van der Waals surface area contributed by atoms with Gasteiger partial charge in [0.1, 0.15) is 0 Å². The van der Waals surface area contributed by atoms with Crippen molar-refractivity contribution in [2.45, 2.75) is 0 Å². The third-order valence-corrected chi connectivity index (χ3v) is 5.76. The number of rotatable bonds is 4. The van der Waals surface area contributed by atoms with Gasteiger partial charge in [0.05, 0.1) is 38.9 Å². The van der Waals surface area contributed by atoms with Crippen LogP contribution in [-0.4, -0.2) is 44.1 Å². The molecule has 6 heteroatoms. The minimum Gasteiger partial charge on any atom is -0.337 e. The van der Waals surface area contributed by atoms with E-state index in [1.165, 1.54) is 0 Å². The number of amides is 1. The van der Waals surface area contributed by atoms with Crippen molar-refractivity contribution < 1.29 is 9.69 Å². The molecule has 5 nitrogen and oxygen atoms in total. The molecule has 1 amide bonds. The molecule has 0 aliphatic carbocycles. The second-order valence-corrected chi connectivity index (χ2v) is 7.69. The molecule has 4 rings (SSSR count). The first kappa shape index (κ1) is 17.7. The number of benzene rings is 2. The summed E-state index contributed by atoms with van der Waals surface area (Å²) in [7, 11) is 2.24. The number of nitrogens with one attached hydrogen (secondary N) is 2. The van der Waals surface area contributed by atoms with Gasteiger partial charge in [0, 0.05) is 22.2 Å². The van der Waals surface area contributed by atoms with E-state index in [1.807, 2.05) is 42.5 Å². The van der Waals surface area contributed by atoms with E-state index >= 15 is 0 Å². The molecule has 0 unspecified atom stereocenters. The lowest BCUT2D eigenvalue weighted by Gasteiger charge is -2.29. The Balaban J connectivity index is 1.43. The van der Waals surface area contributed by atoms with Crippen molar-refractivity contribution in [1.29, 1.82) is 0 Å². The molecule has 3 aromatic rings.